The van der Waals surface area contributed by atoms with Gasteiger partial charge in [0.05, 0.1) is 5.01 Å². The van der Waals surface area contributed by atoms with Crippen LogP contribution in [0.25, 0.3) is 0 Å². The zero-order valence-corrected chi connectivity index (χ0v) is 9.30. The fraction of sp³-hybridized carbons (Fsp3) is 0.600. The van der Waals surface area contributed by atoms with Crippen LogP contribution >= 0.6 is 11.3 Å². The lowest BCUT2D eigenvalue weighted by atomic mass is 10.2. The maximum absolute atomic E-state index is 10.3. The van der Waals surface area contributed by atoms with Crippen molar-refractivity contribution in [3.8, 4) is 0 Å². The number of nitrogens with zero attached hydrogens (tertiary/aromatic N) is 1. The van der Waals surface area contributed by atoms with Crippen LogP contribution in [0, 0.1) is 0 Å². The molecule has 0 unspecified atom stereocenters. The summed E-state index contributed by atoms with van der Waals surface area (Å²) in [6.07, 6.45) is 3.64. The molecule has 0 saturated carbocycles. The Balaban J connectivity index is 2.40. The van der Waals surface area contributed by atoms with E-state index in [0.717, 1.165) is 11.4 Å². The molecule has 1 aromatic heterocycles. The number of aromatic nitrogens is 1. The van der Waals surface area contributed by atoms with Gasteiger partial charge in [0.2, 0.25) is 0 Å². The van der Waals surface area contributed by atoms with E-state index in [4.69, 9.17) is 5.11 Å². The van der Waals surface area contributed by atoms with E-state index in [1.165, 1.54) is 4.88 Å². The Labute approximate surface area is 87.8 Å². The summed E-state index contributed by atoms with van der Waals surface area (Å²) in [7, 11) is 0. The molecule has 0 amide bonds. The second kappa shape index (κ2) is 5.10. The molecule has 78 valence electrons. The molecule has 0 saturated heterocycles. The van der Waals surface area contributed by atoms with E-state index < -0.39 is 5.97 Å². The number of thiazole rings is 1. The van der Waals surface area contributed by atoms with E-state index in [2.05, 4.69) is 18.8 Å². The Bertz CT molecular complexity index is 307. The van der Waals surface area contributed by atoms with Crippen molar-refractivity contribution in [2.45, 2.75) is 39.0 Å². The first-order chi connectivity index (χ1) is 6.59. The summed E-state index contributed by atoms with van der Waals surface area (Å²) in [6.45, 7) is 4.22. The minimum atomic E-state index is -0.724. The number of carboxylic acid groups (broad SMARTS) is 1. The first kappa shape index (κ1) is 11.2. The van der Waals surface area contributed by atoms with Gasteiger partial charge in [0.15, 0.2) is 0 Å². The van der Waals surface area contributed by atoms with Crippen LogP contribution in [0.5, 0.6) is 0 Å². The summed E-state index contributed by atoms with van der Waals surface area (Å²) in [5.74, 6) is -0.258. The van der Waals surface area contributed by atoms with Gasteiger partial charge in [-0.3, -0.25) is 4.79 Å². The number of carbonyl (C=O) groups is 1. The van der Waals surface area contributed by atoms with Crippen molar-refractivity contribution in [2.24, 2.45) is 0 Å². The highest BCUT2D eigenvalue weighted by molar-refractivity contribution is 7.11. The number of hydrogen-bond donors (Lipinski definition) is 1. The number of carboxylic acids is 1. The molecule has 0 spiro atoms. The van der Waals surface area contributed by atoms with Gasteiger partial charge in [-0.2, -0.15) is 0 Å². The lowest BCUT2D eigenvalue weighted by Crippen LogP contribution is -1.94. The molecule has 4 heteroatoms. The Kier molecular flexibility index (Phi) is 4.07. The van der Waals surface area contributed by atoms with Gasteiger partial charge in [-0.25, -0.2) is 4.98 Å². The maximum Gasteiger partial charge on any atom is 0.303 e. The molecule has 0 radical (unpaired) electrons. The molecule has 3 nitrogen and oxygen atoms in total. The third-order valence-corrected chi connectivity index (χ3v) is 3.24. The molecule has 1 aromatic rings. The van der Waals surface area contributed by atoms with Gasteiger partial charge in [-0.1, -0.05) is 13.8 Å². The van der Waals surface area contributed by atoms with E-state index >= 15 is 0 Å². The topological polar surface area (TPSA) is 50.2 Å². The van der Waals surface area contributed by atoms with Gasteiger partial charge in [0.25, 0.3) is 0 Å². The molecule has 0 bridgehead atoms. The summed E-state index contributed by atoms with van der Waals surface area (Å²) in [4.78, 5) is 15.8. The highest BCUT2D eigenvalue weighted by Gasteiger charge is 2.06. The average molecular weight is 213 g/mol. The molecule has 0 aliphatic heterocycles. The summed E-state index contributed by atoms with van der Waals surface area (Å²) in [5.41, 5.74) is 0. The zero-order chi connectivity index (χ0) is 10.6. The molecule has 0 aliphatic rings. The smallest absolute Gasteiger partial charge is 0.303 e. The molecular weight excluding hydrogens is 198 g/mol. The van der Waals surface area contributed by atoms with Crippen molar-refractivity contribution in [1.82, 2.24) is 4.98 Å². The maximum atomic E-state index is 10.3. The minimum absolute atomic E-state index is 0.245. The SMILES string of the molecule is CC(C)c1ncc(CCCC(=O)O)s1. The molecule has 0 atom stereocenters. The Morgan fingerprint density at radius 3 is 2.86 bits per heavy atom. The lowest BCUT2D eigenvalue weighted by Gasteiger charge is -1.96. The summed E-state index contributed by atoms with van der Waals surface area (Å²) in [6, 6.07) is 0. The van der Waals surface area contributed by atoms with Gasteiger partial charge in [-0.05, 0) is 12.8 Å². The molecule has 14 heavy (non-hydrogen) atoms. The van der Waals surface area contributed by atoms with E-state index in [1.807, 2.05) is 6.20 Å². The van der Waals surface area contributed by atoms with Crippen LogP contribution in [0.1, 0.15) is 42.5 Å². The summed E-state index contributed by atoms with van der Waals surface area (Å²) in [5, 5.41) is 9.61. The monoisotopic (exact) mass is 213 g/mol. The van der Waals surface area contributed by atoms with Crippen LogP contribution in [0.15, 0.2) is 6.20 Å². The van der Waals surface area contributed by atoms with Crippen LogP contribution in [-0.4, -0.2) is 16.1 Å². The summed E-state index contributed by atoms with van der Waals surface area (Å²) >= 11 is 1.69. The molecule has 0 aromatic carbocycles. The van der Waals surface area contributed by atoms with Gasteiger partial charge < -0.3 is 5.11 Å². The van der Waals surface area contributed by atoms with E-state index in [1.54, 1.807) is 11.3 Å². The normalized spacial score (nSPS) is 10.8. The molecule has 1 rings (SSSR count). The highest BCUT2D eigenvalue weighted by Crippen LogP contribution is 2.22. The van der Waals surface area contributed by atoms with Crippen LogP contribution in [0.3, 0.4) is 0 Å². The van der Waals surface area contributed by atoms with E-state index in [9.17, 15) is 4.79 Å². The summed E-state index contributed by atoms with van der Waals surface area (Å²) < 4.78 is 0. The standard InChI is InChI=1S/C10H15NO2S/c1-7(2)10-11-6-8(14-10)4-3-5-9(12)13/h6-7H,3-5H2,1-2H3,(H,12,13). The van der Waals surface area contributed by atoms with Gasteiger partial charge in [0.1, 0.15) is 0 Å². The van der Waals surface area contributed by atoms with Crippen molar-refractivity contribution in [3.63, 3.8) is 0 Å². The van der Waals surface area contributed by atoms with Crippen molar-refractivity contribution in [2.75, 3.05) is 0 Å². The molecule has 1 heterocycles. The predicted octanol–water partition coefficient (Wildman–Crippen LogP) is 2.67. The third kappa shape index (κ3) is 3.46. The van der Waals surface area contributed by atoms with Crippen molar-refractivity contribution in [3.05, 3.63) is 16.1 Å². The first-order valence-electron chi connectivity index (χ1n) is 4.76. The lowest BCUT2D eigenvalue weighted by molar-refractivity contribution is -0.137. The van der Waals surface area contributed by atoms with Crippen LogP contribution in [-0.2, 0) is 11.2 Å². The molecule has 0 aliphatic carbocycles. The highest BCUT2D eigenvalue weighted by atomic mass is 32.1. The number of rotatable bonds is 5. The third-order valence-electron chi connectivity index (χ3n) is 1.88. The molecule has 0 fully saturated rings. The van der Waals surface area contributed by atoms with Gasteiger partial charge in [-0.15, -0.1) is 11.3 Å². The fourth-order valence-electron chi connectivity index (χ4n) is 1.12. The largest absolute Gasteiger partial charge is 0.481 e. The van der Waals surface area contributed by atoms with E-state index in [-0.39, 0.29) is 6.42 Å². The number of aliphatic carboxylic acids is 1. The Morgan fingerprint density at radius 2 is 2.36 bits per heavy atom. The number of hydrogen-bond acceptors (Lipinski definition) is 3. The second-order valence-electron chi connectivity index (χ2n) is 3.57. The second-order valence-corrected chi connectivity index (χ2v) is 4.71. The number of aryl methyl sites for hydroxylation is 1. The Morgan fingerprint density at radius 1 is 1.64 bits per heavy atom. The van der Waals surface area contributed by atoms with E-state index in [0.29, 0.717) is 12.3 Å². The van der Waals surface area contributed by atoms with Crippen LogP contribution < -0.4 is 0 Å². The predicted molar refractivity (Wildman–Crippen MR) is 56.8 cm³/mol. The Hall–Kier alpha value is -0.900. The van der Waals surface area contributed by atoms with Crippen molar-refractivity contribution < 1.29 is 9.90 Å². The minimum Gasteiger partial charge on any atom is -0.481 e. The molecule has 1 N–H and O–H groups in total. The van der Waals surface area contributed by atoms with Crippen molar-refractivity contribution in [1.29, 1.82) is 0 Å². The van der Waals surface area contributed by atoms with Crippen LogP contribution in [0.4, 0.5) is 0 Å². The van der Waals surface area contributed by atoms with Crippen molar-refractivity contribution >= 4 is 17.3 Å². The zero-order valence-electron chi connectivity index (χ0n) is 8.49. The van der Waals surface area contributed by atoms with Gasteiger partial charge >= 0.3 is 5.97 Å². The van der Waals surface area contributed by atoms with Crippen LogP contribution in [0.2, 0.25) is 0 Å². The van der Waals surface area contributed by atoms with Gasteiger partial charge in [0, 0.05) is 23.4 Å². The molecular formula is C10H15NO2S. The average Bonchev–Trinajstić information content (AvgIpc) is 2.52. The fourth-order valence-corrected chi connectivity index (χ4v) is 2.08. The first-order valence-corrected chi connectivity index (χ1v) is 5.57. The quantitative estimate of drug-likeness (QED) is 0.818.